The number of hydrogen-bond acceptors (Lipinski definition) is 4. The number of sulfone groups is 1. The molecule has 0 saturated carbocycles. The molecule has 1 aliphatic heterocycles. The summed E-state index contributed by atoms with van der Waals surface area (Å²) in [6, 6.07) is 4.02. The minimum absolute atomic E-state index is 0.0511. The molecule has 1 N–H and O–H groups in total. The van der Waals surface area contributed by atoms with Crippen LogP contribution in [0.25, 0.3) is 0 Å². The van der Waals surface area contributed by atoms with Gasteiger partial charge >= 0.3 is 0 Å². The van der Waals surface area contributed by atoms with Crippen molar-refractivity contribution in [2.24, 2.45) is 0 Å². The van der Waals surface area contributed by atoms with E-state index in [4.69, 9.17) is 11.6 Å². The van der Waals surface area contributed by atoms with Crippen LogP contribution < -0.4 is 0 Å². The highest BCUT2D eigenvalue weighted by atomic mass is 35.5. The van der Waals surface area contributed by atoms with E-state index >= 15 is 0 Å². The van der Waals surface area contributed by atoms with Crippen LogP contribution in [0.4, 0.5) is 0 Å². The third-order valence-electron chi connectivity index (χ3n) is 3.43. The summed E-state index contributed by atoms with van der Waals surface area (Å²) in [5.74, 6) is -0.275. The standard InChI is InChI=1S/C13H16ClNO4S/c1-20(18,19)12-7-9(4-5-11(12)14)13(17)15-6-2-3-10(15)8-16/h4-5,7,10,16H,2-3,6,8H2,1H3/t10-/m0/s1. The normalized spacial score (nSPS) is 19.4. The summed E-state index contributed by atoms with van der Waals surface area (Å²) in [6.07, 6.45) is 2.65. The largest absolute Gasteiger partial charge is 0.394 e. The summed E-state index contributed by atoms with van der Waals surface area (Å²) in [7, 11) is -3.48. The number of carbonyl (C=O) groups excluding carboxylic acids is 1. The van der Waals surface area contributed by atoms with Gasteiger partial charge < -0.3 is 10.0 Å². The van der Waals surface area contributed by atoms with Crippen LogP contribution in [0.3, 0.4) is 0 Å². The maximum absolute atomic E-state index is 12.4. The molecule has 1 saturated heterocycles. The van der Waals surface area contributed by atoms with Crippen molar-refractivity contribution < 1.29 is 18.3 Å². The van der Waals surface area contributed by atoms with Crippen molar-refractivity contribution in [3.05, 3.63) is 28.8 Å². The zero-order chi connectivity index (χ0) is 14.9. The third kappa shape index (κ3) is 2.97. The van der Waals surface area contributed by atoms with E-state index in [0.29, 0.717) is 6.54 Å². The minimum Gasteiger partial charge on any atom is -0.394 e. The highest BCUT2D eigenvalue weighted by molar-refractivity contribution is 7.90. The summed E-state index contributed by atoms with van der Waals surface area (Å²) in [5, 5.41) is 9.35. The van der Waals surface area contributed by atoms with Crippen molar-refractivity contribution in [3.63, 3.8) is 0 Å². The third-order valence-corrected chi connectivity index (χ3v) is 5.00. The van der Waals surface area contributed by atoms with Crippen molar-refractivity contribution in [2.45, 2.75) is 23.8 Å². The van der Waals surface area contributed by atoms with Crippen molar-refractivity contribution in [3.8, 4) is 0 Å². The first-order valence-corrected chi connectivity index (χ1v) is 8.53. The summed E-state index contributed by atoms with van der Waals surface area (Å²) < 4.78 is 23.2. The molecule has 1 atom stereocenters. The molecule has 1 aliphatic rings. The van der Waals surface area contributed by atoms with Crippen LogP contribution in [0.1, 0.15) is 23.2 Å². The Kier molecular flexibility index (Phi) is 4.36. The smallest absolute Gasteiger partial charge is 0.254 e. The lowest BCUT2D eigenvalue weighted by atomic mass is 10.1. The quantitative estimate of drug-likeness (QED) is 0.913. The molecule has 0 aliphatic carbocycles. The number of aliphatic hydroxyl groups excluding tert-OH is 1. The highest BCUT2D eigenvalue weighted by Gasteiger charge is 2.29. The topological polar surface area (TPSA) is 74.7 Å². The molecule has 1 fully saturated rings. The minimum atomic E-state index is -3.48. The zero-order valence-electron chi connectivity index (χ0n) is 11.0. The lowest BCUT2D eigenvalue weighted by Gasteiger charge is -2.23. The molecule has 2 rings (SSSR count). The number of halogens is 1. The van der Waals surface area contributed by atoms with E-state index in [1.54, 1.807) is 4.90 Å². The Hall–Kier alpha value is -1.11. The SMILES string of the molecule is CS(=O)(=O)c1cc(C(=O)N2CCC[C@H]2CO)ccc1Cl. The zero-order valence-corrected chi connectivity index (χ0v) is 12.6. The van der Waals surface area contributed by atoms with Crippen LogP contribution in [0.2, 0.25) is 5.02 Å². The lowest BCUT2D eigenvalue weighted by molar-refractivity contribution is 0.0677. The van der Waals surface area contributed by atoms with Gasteiger partial charge in [-0.05, 0) is 31.0 Å². The fourth-order valence-electron chi connectivity index (χ4n) is 2.38. The summed E-state index contributed by atoms with van der Waals surface area (Å²) in [6.45, 7) is 0.485. The van der Waals surface area contributed by atoms with Gasteiger partial charge in [-0.2, -0.15) is 0 Å². The molecule has 20 heavy (non-hydrogen) atoms. The van der Waals surface area contributed by atoms with E-state index in [1.165, 1.54) is 18.2 Å². The van der Waals surface area contributed by atoms with Gasteiger partial charge in [0, 0.05) is 18.4 Å². The lowest BCUT2D eigenvalue weighted by Crippen LogP contribution is -2.37. The van der Waals surface area contributed by atoms with Crippen LogP contribution in [0, 0.1) is 0 Å². The molecule has 1 heterocycles. The molecule has 5 nitrogen and oxygen atoms in total. The van der Waals surface area contributed by atoms with Crippen molar-refractivity contribution in [2.75, 3.05) is 19.4 Å². The number of rotatable bonds is 3. The number of nitrogens with zero attached hydrogens (tertiary/aromatic N) is 1. The average Bonchev–Trinajstić information content (AvgIpc) is 2.85. The maximum atomic E-state index is 12.4. The van der Waals surface area contributed by atoms with Gasteiger partial charge in [-0.3, -0.25) is 4.79 Å². The summed E-state index contributed by atoms with van der Waals surface area (Å²) in [4.78, 5) is 13.9. The van der Waals surface area contributed by atoms with E-state index in [-0.39, 0.29) is 34.0 Å². The Bertz CT molecular complexity index is 629. The van der Waals surface area contributed by atoms with Gasteiger partial charge in [-0.25, -0.2) is 8.42 Å². The molecule has 0 aromatic heterocycles. The van der Waals surface area contributed by atoms with Crippen molar-refractivity contribution >= 4 is 27.3 Å². The molecular weight excluding hydrogens is 302 g/mol. The van der Waals surface area contributed by atoms with Gasteiger partial charge in [0.2, 0.25) is 0 Å². The summed E-state index contributed by atoms with van der Waals surface area (Å²) in [5.41, 5.74) is 0.273. The first-order chi connectivity index (χ1) is 9.34. The second kappa shape index (κ2) is 5.71. The van der Waals surface area contributed by atoms with Crippen molar-refractivity contribution in [1.29, 1.82) is 0 Å². The Morgan fingerprint density at radius 3 is 2.80 bits per heavy atom. The molecule has 0 bridgehead atoms. The predicted octanol–water partition coefficient (Wildman–Crippen LogP) is 1.34. The Morgan fingerprint density at radius 1 is 1.50 bits per heavy atom. The van der Waals surface area contributed by atoms with E-state index in [0.717, 1.165) is 19.1 Å². The number of hydrogen-bond donors (Lipinski definition) is 1. The average molecular weight is 318 g/mol. The second-order valence-corrected chi connectivity index (χ2v) is 7.29. The van der Waals surface area contributed by atoms with Crippen LogP contribution in [0.15, 0.2) is 23.1 Å². The number of carbonyl (C=O) groups is 1. The second-order valence-electron chi connectivity index (χ2n) is 4.89. The molecule has 110 valence electrons. The molecule has 1 amide bonds. The van der Waals surface area contributed by atoms with E-state index in [9.17, 15) is 18.3 Å². The number of aliphatic hydroxyl groups is 1. The van der Waals surface area contributed by atoms with Crippen LogP contribution in [-0.4, -0.2) is 49.8 Å². The molecule has 1 aromatic rings. The highest BCUT2D eigenvalue weighted by Crippen LogP contribution is 2.25. The molecule has 0 unspecified atom stereocenters. The van der Waals surface area contributed by atoms with Gasteiger partial charge in [-0.1, -0.05) is 11.6 Å². The fraction of sp³-hybridized carbons (Fsp3) is 0.462. The van der Waals surface area contributed by atoms with Crippen LogP contribution in [-0.2, 0) is 9.84 Å². The molecular formula is C13H16ClNO4S. The number of benzene rings is 1. The van der Waals surface area contributed by atoms with Crippen LogP contribution >= 0.6 is 11.6 Å². The Labute approximate surface area is 123 Å². The van der Waals surface area contributed by atoms with Gasteiger partial charge in [0.1, 0.15) is 0 Å². The van der Waals surface area contributed by atoms with E-state index in [1.807, 2.05) is 0 Å². The monoisotopic (exact) mass is 317 g/mol. The number of amides is 1. The molecule has 0 spiro atoms. The number of likely N-dealkylation sites (tertiary alicyclic amines) is 1. The molecule has 1 aromatic carbocycles. The van der Waals surface area contributed by atoms with Gasteiger partial charge in [0.15, 0.2) is 9.84 Å². The first-order valence-electron chi connectivity index (χ1n) is 6.26. The van der Waals surface area contributed by atoms with Gasteiger partial charge in [0.05, 0.1) is 22.6 Å². The summed E-state index contributed by atoms with van der Waals surface area (Å²) >= 11 is 5.86. The molecule has 7 heteroatoms. The van der Waals surface area contributed by atoms with E-state index in [2.05, 4.69) is 0 Å². The molecule has 0 radical (unpaired) electrons. The fourth-order valence-corrected chi connectivity index (χ4v) is 3.68. The van der Waals surface area contributed by atoms with Gasteiger partial charge in [0.25, 0.3) is 5.91 Å². The maximum Gasteiger partial charge on any atom is 0.254 e. The first kappa shape index (κ1) is 15.3. The van der Waals surface area contributed by atoms with Crippen LogP contribution in [0.5, 0.6) is 0 Å². The van der Waals surface area contributed by atoms with Gasteiger partial charge in [-0.15, -0.1) is 0 Å². The predicted molar refractivity (Wildman–Crippen MR) is 75.7 cm³/mol. The Morgan fingerprint density at radius 2 is 2.20 bits per heavy atom. The van der Waals surface area contributed by atoms with Crippen molar-refractivity contribution in [1.82, 2.24) is 4.90 Å². The van der Waals surface area contributed by atoms with E-state index < -0.39 is 9.84 Å². The Balaban J connectivity index is 2.36.